The first-order valence-corrected chi connectivity index (χ1v) is 6.43. The van der Waals surface area contributed by atoms with Crippen LogP contribution in [0.2, 0.25) is 0 Å². The SMILES string of the molecule is CN(C(=O)OC(C)(C)C)C(CC(=O)O)c1ccccc1. The van der Waals surface area contributed by atoms with Crippen molar-refractivity contribution in [3.63, 3.8) is 0 Å². The van der Waals surface area contributed by atoms with Gasteiger partial charge in [-0.2, -0.15) is 0 Å². The monoisotopic (exact) mass is 279 g/mol. The maximum absolute atomic E-state index is 12.1. The normalized spacial score (nSPS) is 12.6. The predicted octanol–water partition coefficient (Wildman–Crippen LogP) is 3.07. The summed E-state index contributed by atoms with van der Waals surface area (Å²) in [5.74, 6) is -0.964. The molecule has 1 aromatic carbocycles. The number of carboxylic acids is 1. The molecule has 20 heavy (non-hydrogen) atoms. The standard InChI is InChI=1S/C15H21NO4/c1-15(2,3)20-14(19)16(4)12(10-13(17)18)11-8-6-5-7-9-11/h5-9,12H,10H2,1-4H3,(H,17,18). The highest BCUT2D eigenvalue weighted by atomic mass is 16.6. The van der Waals surface area contributed by atoms with E-state index in [1.54, 1.807) is 40.0 Å². The smallest absolute Gasteiger partial charge is 0.410 e. The third kappa shape index (κ3) is 4.91. The Morgan fingerprint density at radius 1 is 1.25 bits per heavy atom. The Morgan fingerprint density at radius 2 is 1.80 bits per heavy atom. The van der Waals surface area contributed by atoms with Gasteiger partial charge in [0, 0.05) is 7.05 Å². The van der Waals surface area contributed by atoms with Gasteiger partial charge >= 0.3 is 12.1 Å². The van der Waals surface area contributed by atoms with Crippen molar-refractivity contribution in [1.82, 2.24) is 4.90 Å². The molecule has 0 spiro atoms. The number of amides is 1. The van der Waals surface area contributed by atoms with Crippen LogP contribution in [0.5, 0.6) is 0 Å². The average Bonchev–Trinajstić information content (AvgIpc) is 2.34. The van der Waals surface area contributed by atoms with Crippen molar-refractivity contribution in [2.24, 2.45) is 0 Å². The van der Waals surface area contributed by atoms with Crippen LogP contribution < -0.4 is 0 Å². The van der Waals surface area contributed by atoms with Gasteiger partial charge < -0.3 is 14.7 Å². The summed E-state index contributed by atoms with van der Waals surface area (Å²) in [6, 6.07) is 8.52. The summed E-state index contributed by atoms with van der Waals surface area (Å²) in [5.41, 5.74) is 0.152. The molecular weight excluding hydrogens is 258 g/mol. The van der Waals surface area contributed by atoms with Crippen LogP contribution in [0.4, 0.5) is 4.79 Å². The first-order valence-electron chi connectivity index (χ1n) is 6.43. The fourth-order valence-corrected chi connectivity index (χ4v) is 1.78. The quantitative estimate of drug-likeness (QED) is 0.919. The second-order valence-corrected chi connectivity index (χ2v) is 5.62. The zero-order valence-electron chi connectivity index (χ0n) is 12.3. The Balaban J connectivity index is 2.94. The Labute approximate surface area is 119 Å². The lowest BCUT2D eigenvalue weighted by Gasteiger charge is -2.30. The molecule has 1 aromatic rings. The molecule has 1 unspecified atom stereocenters. The van der Waals surface area contributed by atoms with E-state index in [1.807, 2.05) is 18.2 Å². The van der Waals surface area contributed by atoms with Gasteiger partial charge in [-0.15, -0.1) is 0 Å². The highest BCUT2D eigenvalue weighted by molar-refractivity contribution is 5.72. The van der Waals surface area contributed by atoms with Crippen molar-refractivity contribution in [2.45, 2.75) is 38.8 Å². The fourth-order valence-electron chi connectivity index (χ4n) is 1.78. The second kappa shape index (κ2) is 6.41. The molecule has 0 saturated carbocycles. The summed E-state index contributed by atoms with van der Waals surface area (Å²) in [6.45, 7) is 5.31. The maximum Gasteiger partial charge on any atom is 0.410 e. The molecule has 0 bridgehead atoms. The van der Waals surface area contributed by atoms with Crippen LogP contribution in [0.1, 0.15) is 38.8 Å². The number of carbonyl (C=O) groups excluding carboxylic acids is 1. The molecular formula is C15H21NO4. The summed E-state index contributed by atoms with van der Waals surface area (Å²) in [5, 5.41) is 9.03. The number of carboxylic acid groups (broad SMARTS) is 1. The van der Waals surface area contributed by atoms with E-state index < -0.39 is 23.7 Å². The number of benzene rings is 1. The molecule has 1 rings (SSSR count). The molecule has 0 heterocycles. The maximum atomic E-state index is 12.1. The van der Waals surface area contributed by atoms with E-state index in [0.29, 0.717) is 0 Å². The van der Waals surface area contributed by atoms with Gasteiger partial charge in [0.05, 0.1) is 12.5 Å². The molecule has 0 aliphatic carbocycles. The number of ether oxygens (including phenoxy) is 1. The third-order valence-electron chi connectivity index (χ3n) is 2.70. The lowest BCUT2D eigenvalue weighted by Crippen LogP contribution is -2.37. The first-order chi connectivity index (χ1) is 9.20. The third-order valence-corrected chi connectivity index (χ3v) is 2.70. The topological polar surface area (TPSA) is 66.8 Å². The van der Waals surface area contributed by atoms with Crippen LogP contribution in [0.3, 0.4) is 0 Å². The molecule has 0 saturated heterocycles. The number of nitrogens with zero attached hydrogens (tertiary/aromatic N) is 1. The molecule has 1 atom stereocenters. The van der Waals surface area contributed by atoms with Crippen LogP contribution in [-0.4, -0.2) is 34.7 Å². The van der Waals surface area contributed by atoms with E-state index in [9.17, 15) is 9.59 Å². The van der Waals surface area contributed by atoms with E-state index in [4.69, 9.17) is 9.84 Å². The minimum absolute atomic E-state index is 0.167. The second-order valence-electron chi connectivity index (χ2n) is 5.62. The Morgan fingerprint density at radius 3 is 2.25 bits per heavy atom. The van der Waals surface area contributed by atoms with Crippen molar-refractivity contribution in [3.05, 3.63) is 35.9 Å². The van der Waals surface area contributed by atoms with Crippen molar-refractivity contribution in [3.8, 4) is 0 Å². The van der Waals surface area contributed by atoms with Gasteiger partial charge in [0.25, 0.3) is 0 Å². The van der Waals surface area contributed by atoms with E-state index in [2.05, 4.69) is 0 Å². The Kier molecular flexibility index (Phi) is 5.13. The molecule has 1 N–H and O–H groups in total. The van der Waals surface area contributed by atoms with Crippen molar-refractivity contribution < 1.29 is 19.4 Å². The summed E-state index contributed by atoms with van der Waals surface area (Å²) < 4.78 is 5.28. The van der Waals surface area contributed by atoms with E-state index in [1.165, 1.54) is 4.90 Å². The van der Waals surface area contributed by atoms with Crippen LogP contribution in [0.15, 0.2) is 30.3 Å². The molecule has 0 aliphatic rings. The highest BCUT2D eigenvalue weighted by Crippen LogP contribution is 2.24. The molecule has 0 aromatic heterocycles. The van der Waals surface area contributed by atoms with Crippen LogP contribution >= 0.6 is 0 Å². The lowest BCUT2D eigenvalue weighted by atomic mass is 10.0. The van der Waals surface area contributed by atoms with E-state index >= 15 is 0 Å². The van der Waals surface area contributed by atoms with Gasteiger partial charge in [-0.25, -0.2) is 4.79 Å². The number of hydrogen-bond acceptors (Lipinski definition) is 3. The summed E-state index contributed by atoms with van der Waals surface area (Å²) in [7, 11) is 1.55. The molecule has 5 heteroatoms. The number of aliphatic carboxylic acids is 1. The zero-order chi connectivity index (χ0) is 15.3. The highest BCUT2D eigenvalue weighted by Gasteiger charge is 2.27. The minimum atomic E-state index is -0.964. The van der Waals surface area contributed by atoms with E-state index in [-0.39, 0.29) is 6.42 Å². The average molecular weight is 279 g/mol. The van der Waals surface area contributed by atoms with Gasteiger partial charge in [0.1, 0.15) is 5.60 Å². The lowest BCUT2D eigenvalue weighted by molar-refractivity contribution is -0.138. The summed E-state index contributed by atoms with van der Waals surface area (Å²) in [6.07, 6.45) is -0.702. The number of rotatable bonds is 4. The van der Waals surface area contributed by atoms with Gasteiger partial charge in [-0.3, -0.25) is 4.79 Å². The zero-order valence-corrected chi connectivity index (χ0v) is 12.3. The number of carbonyl (C=O) groups is 2. The summed E-state index contributed by atoms with van der Waals surface area (Å²) in [4.78, 5) is 24.4. The van der Waals surface area contributed by atoms with Crippen molar-refractivity contribution in [1.29, 1.82) is 0 Å². The van der Waals surface area contributed by atoms with Crippen molar-refractivity contribution in [2.75, 3.05) is 7.05 Å². The van der Waals surface area contributed by atoms with Gasteiger partial charge in [0.15, 0.2) is 0 Å². The molecule has 0 aliphatic heterocycles. The molecule has 0 fully saturated rings. The molecule has 1 amide bonds. The fraction of sp³-hybridized carbons (Fsp3) is 0.467. The number of hydrogen-bond donors (Lipinski definition) is 1. The van der Waals surface area contributed by atoms with Crippen molar-refractivity contribution >= 4 is 12.1 Å². The van der Waals surface area contributed by atoms with Crippen LogP contribution in [0.25, 0.3) is 0 Å². The predicted molar refractivity (Wildman–Crippen MR) is 75.4 cm³/mol. The largest absolute Gasteiger partial charge is 0.481 e. The first kappa shape index (κ1) is 16.0. The summed E-state index contributed by atoms with van der Waals surface area (Å²) >= 11 is 0. The van der Waals surface area contributed by atoms with Gasteiger partial charge in [-0.05, 0) is 26.3 Å². The van der Waals surface area contributed by atoms with Crippen LogP contribution in [-0.2, 0) is 9.53 Å². The molecule has 110 valence electrons. The van der Waals surface area contributed by atoms with Gasteiger partial charge in [0.2, 0.25) is 0 Å². The van der Waals surface area contributed by atoms with Crippen LogP contribution in [0, 0.1) is 0 Å². The Bertz CT molecular complexity index is 465. The Hall–Kier alpha value is -2.04. The molecule has 5 nitrogen and oxygen atoms in total. The molecule has 0 radical (unpaired) electrons. The van der Waals surface area contributed by atoms with E-state index in [0.717, 1.165) is 5.56 Å². The van der Waals surface area contributed by atoms with Gasteiger partial charge in [-0.1, -0.05) is 30.3 Å². The minimum Gasteiger partial charge on any atom is -0.481 e.